The second kappa shape index (κ2) is 9.47. The lowest BCUT2D eigenvalue weighted by Crippen LogP contribution is -2.29. The first-order chi connectivity index (χ1) is 14.9. The van der Waals surface area contributed by atoms with Gasteiger partial charge in [-0.3, -0.25) is 9.59 Å². The fourth-order valence-corrected chi connectivity index (χ4v) is 2.52. The molecule has 3 rings (SSSR count). The van der Waals surface area contributed by atoms with Crippen molar-refractivity contribution in [2.24, 2.45) is 0 Å². The Morgan fingerprint density at radius 3 is 2.00 bits per heavy atom. The number of nitrogens with zero attached hydrogens (tertiary/aromatic N) is 1. The van der Waals surface area contributed by atoms with Gasteiger partial charge in [0.2, 0.25) is 0 Å². The standard InChI is InChI=1S/C23H17NO7/c1-15(14-25)23(29)31-19-9-7-18(8-10-19)30-22(28)13-4-16-2-5-17(6-3-16)24-20(26)11-12-21(24)27/h2-13,25H,1,14H2/b13-4+. The van der Waals surface area contributed by atoms with Crippen LogP contribution in [-0.2, 0) is 19.2 Å². The largest absolute Gasteiger partial charge is 0.423 e. The van der Waals surface area contributed by atoms with Crippen molar-refractivity contribution in [1.29, 1.82) is 0 Å². The third kappa shape index (κ3) is 5.40. The number of carbonyl (C=O) groups is 4. The molecule has 156 valence electrons. The van der Waals surface area contributed by atoms with Crippen LogP contribution < -0.4 is 14.4 Å². The van der Waals surface area contributed by atoms with Crippen LogP contribution in [0.1, 0.15) is 5.56 Å². The van der Waals surface area contributed by atoms with Crippen LogP contribution in [0, 0.1) is 0 Å². The van der Waals surface area contributed by atoms with Crippen LogP contribution in [0.5, 0.6) is 11.5 Å². The molecule has 0 unspecified atom stereocenters. The molecule has 2 aromatic rings. The van der Waals surface area contributed by atoms with Gasteiger partial charge in [0.1, 0.15) is 11.5 Å². The van der Waals surface area contributed by atoms with E-state index in [-0.39, 0.29) is 17.1 Å². The highest BCUT2D eigenvalue weighted by Gasteiger charge is 2.24. The number of rotatable bonds is 7. The van der Waals surface area contributed by atoms with Crippen molar-refractivity contribution in [1.82, 2.24) is 0 Å². The molecule has 0 spiro atoms. The maximum Gasteiger partial charge on any atom is 0.341 e. The zero-order chi connectivity index (χ0) is 22.4. The number of esters is 2. The van der Waals surface area contributed by atoms with Gasteiger partial charge < -0.3 is 14.6 Å². The monoisotopic (exact) mass is 419 g/mol. The Labute approximate surface area is 177 Å². The van der Waals surface area contributed by atoms with E-state index in [1.165, 1.54) is 48.6 Å². The number of anilines is 1. The number of aliphatic hydroxyl groups excluding tert-OH is 1. The third-order valence-corrected chi connectivity index (χ3v) is 4.10. The Morgan fingerprint density at radius 2 is 1.45 bits per heavy atom. The van der Waals surface area contributed by atoms with Crippen LogP contribution in [0.3, 0.4) is 0 Å². The summed E-state index contributed by atoms with van der Waals surface area (Å²) in [7, 11) is 0. The van der Waals surface area contributed by atoms with Gasteiger partial charge in [0, 0.05) is 18.2 Å². The molecule has 8 heteroatoms. The zero-order valence-electron chi connectivity index (χ0n) is 16.2. The number of imide groups is 1. The molecule has 2 amide bonds. The maximum absolute atomic E-state index is 12.0. The predicted molar refractivity (Wildman–Crippen MR) is 111 cm³/mol. The van der Waals surface area contributed by atoms with Crippen molar-refractivity contribution in [3.8, 4) is 11.5 Å². The molecule has 8 nitrogen and oxygen atoms in total. The Hall–Kier alpha value is -4.30. The van der Waals surface area contributed by atoms with Crippen molar-refractivity contribution in [3.05, 3.63) is 84.5 Å². The normalized spacial score (nSPS) is 13.0. The first-order valence-corrected chi connectivity index (χ1v) is 9.04. The minimum atomic E-state index is -0.754. The van der Waals surface area contributed by atoms with Gasteiger partial charge in [-0.1, -0.05) is 18.7 Å². The van der Waals surface area contributed by atoms with Gasteiger partial charge in [0.25, 0.3) is 11.8 Å². The van der Waals surface area contributed by atoms with Crippen molar-refractivity contribution < 1.29 is 33.8 Å². The topological polar surface area (TPSA) is 110 Å². The number of ether oxygens (including phenoxy) is 2. The fourth-order valence-electron chi connectivity index (χ4n) is 2.52. The molecule has 1 heterocycles. The smallest absolute Gasteiger partial charge is 0.341 e. The summed E-state index contributed by atoms with van der Waals surface area (Å²) >= 11 is 0. The lowest BCUT2D eigenvalue weighted by molar-refractivity contribution is -0.131. The van der Waals surface area contributed by atoms with Crippen LogP contribution in [0.25, 0.3) is 6.08 Å². The summed E-state index contributed by atoms with van der Waals surface area (Å²) in [5.74, 6) is -1.75. The predicted octanol–water partition coefficient (Wildman–Crippen LogP) is 2.19. The minimum absolute atomic E-state index is 0.0797. The second-order valence-electron chi connectivity index (χ2n) is 6.31. The van der Waals surface area contributed by atoms with Gasteiger partial charge in [0.15, 0.2) is 0 Å². The molecule has 1 aliphatic heterocycles. The lowest BCUT2D eigenvalue weighted by atomic mass is 10.2. The number of hydrogen-bond donors (Lipinski definition) is 1. The highest BCUT2D eigenvalue weighted by Crippen LogP contribution is 2.21. The Balaban J connectivity index is 1.55. The Morgan fingerprint density at radius 1 is 0.903 bits per heavy atom. The van der Waals surface area contributed by atoms with Gasteiger partial charge >= 0.3 is 11.9 Å². The SMILES string of the molecule is C=C(CO)C(=O)Oc1ccc(OC(=O)/C=C/c2ccc(N3C(=O)C=CC3=O)cc2)cc1. The molecule has 0 atom stereocenters. The van der Waals surface area contributed by atoms with Crippen molar-refractivity contribution in [3.63, 3.8) is 0 Å². The van der Waals surface area contributed by atoms with Crippen molar-refractivity contribution in [2.75, 3.05) is 11.5 Å². The molecule has 0 fully saturated rings. The van der Waals surface area contributed by atoms with E-state index in [1.807, 2.05) is 0 Å². The van der Waals surface area contributed by atoms with Gasteiger partial charge in [-0.2, -0.15) is 0 Å². The molecule has 0 radical (unpaired) electrons. The van der Waals surface area contributed by atoms with Crippen LogP contribution >= 0.6 is 0 Å². The summed E-state index contributed by atoms with van der Waals surface area (Å²) < 4.78 is 10.2. The molecule has 2 aromatic carbocycles. The van der Waals surface area contributed by atoms with Crippen LogP contribution in [-0.4, -0.2) is 35.5 Å². The zero-order valence-corrected chi connectivity index (χ0v) is 16.2. The Bertz CT molecular complexity index is 1080. The molecule has 0 saturated heterocycles. The third-order valence-electron chi connectivity index (χ3n) is 4.10. The highest BCUT2D eigenvalue weighted by molar-refractivity contribution is 6.28. The van der Waals surface area contributed by atoms with Crippen LogP contribution in [0.4, 0.5) is 5.69 Å². The van der Waals surface area contributed by atoms with Crippen LogP contribution in [0.2, 0.25) is 0 Å². The number of amides is 2. The summed E-state index contributed by atoms with van der Waals surface area (Å²) in [6, 6.07) is 12.3. The second-order valence-corrected chi connectivity index (χ2v) is 6.31. The highest BCUT2D eigenvalue weighted by atomic mass is 16.5. The minimum Gasteiger partial charge on any atom is -0.423 e. The van der Waals surface area contributed by atoms with Gasteiger partial charge in [0.05, 0.1) is 17.9 Å². The first kappa shape index (κ1) is 21.4. The number of aliphatic hydroxyl groups is 1. The summed E-state index contributed by atoms with van der Waals surface area (Å²) in [4.78, 5) is 47.9. The number of hydrogen-bond acceptors (Lipinski definition) is 7. The molecule has 0 bridgehead atoms. The van der Waals surface area contributed by atoms with E-state index in [0.29, 0.717) is 11.3 Å². The molecule has 31 heavy (non-hydrogen) atoms. The average molecular weight is 419 g/mol. The van der Waals surface area contributed by atoms with E-state index < -0.39 is 30.4 Å². The Kier molecular flexibility index (Phi) is 6.54. The molecule has 1 aliphatic rings. The first-order valence-electron chi connectivity index (χ1n) is 9.04. The summed E-state index contributed by atoms with van der Waals surface area (Å²) in [5.41, 5.74) is 1.02. The van der Waals surface area contributed by atoms with Gasteiger partial charge in [-0.15, -0.1) is 0 Å². The lowest BCUT2D eigenvalue weighted by Gasteiger charge is -2.13. The van der Waals surface area contributed by atoms with E-state index in [0.717, 1.165) is 4.90 Å². The van der Waals surface area contributed by atoms with E-state index in [2.05, 4.69) is 6.58 Å². The van der Waals surface area contributed by atoms with Gasteiger partial charge in [-0.25, -0.2) is 14.5 Å². The molecular formula is C23H17NO7. The molecule has 1 N–H and O–H groups in total. The van der Waals surface area contributed by atoms with Crippen molar-refractivity contribution >= 4 is 35.5 Å². The quantitative estimate of drug-likeness (QED) is 0.317. The average Bonchev–Trinajstić information content (AvgIpc) is 3.11. The van der Waals surface area contributed by atoms with Gasteiger partial charge in [-0.05, 0) is 48.0 Å². The maximum atomic E-state index is 12.0. The number of carbonyl (C=O) groups excluding carboxylic acids is 4. The molecule has 0 saturated carbocycles. The van der Waals surface area contributed by atoms with E-state index in [9.17, 15) is 19.2 Å². The van der Waals surface area contributed by atoms with E-state index >= 15 is 0 Å². The summed E-state index contributed by atoms with van der Waals surface area (Å²) in [5, 5.41) is 8.85. The summed E-state index contributed by atoms with van der Waals surface area (Å²) in [6.45, 7) is 2.86. The number of benzene rings is 2. The van der Waals surface area contributed by atoms with E-state index in [4.69, 9.17) is 14.6 Å². The van der Waals surface area contributed by atoms with Crippen molar-refractivity contribution in [2.45, 2.75) is 0 Å². The fraction of sp³-hybridized carbons (Fsp3) is 0.0435. The molecule has 0 aromatic heterocycles. The van der Waals surface area contributed by atoms with Crippen LogP contribution in [0.15, 0.2) is 78.9 Å². The molecule has 0 aliphatic carbocycles. The summed E-state index contributed by atoms with van der Waals surface area (Å²) in [6.07, 6.45) is 5.15. The van der Waals surface area contributed by atoms with E-state index in [1.54, 1.807) is 24.3 Å². The molecular weight excluding hydrogens is 402 g/mol.